The van der Waals surface area contributed by atoms with E-state index in [1.807, 2.05) is 6.07 Å². The molecule has 0 unspecified atom stereocenters. The Morgan fingerprint density at radius 2 is 2.31 bits per heavy atom. The summed E-state index contributed by atoms with van der Waals surface area (Å²) in [5.41, 5.74) is 0.760. The number of nitriles is 1. The van der Waals surface area contributed by atoms with Gasteiger partial charge in [-0.2, -0.15) is 5.26 Å². The molecule has 0 bridgehead atoms. The molecule has 0 amide bonds. The minimum Gasteiger partial charge on any atom is -0.206 e. The first kappa shape index (κ1) is 9.94. The molecule has 0 saturated heterocycles. The van der Waals surface area contributed by atoms with Crippen LogP contribution in [-0.4, -0.2) is 0 Å². The van der Waals surface area contributed by atoms with Crippen molar-refractivity contribution in [2.75, 3.05) is 0 Å². The molecule has 0 aliphatic rings. The summed E-state index contributed by atoms with van der Waals surface area (Å²) in [6.45, 7) is 0. The van der Waals surface area contributed by atoms with Gasteiger partial charge < -0.3 is 0 Å². The van der Waals surface area contributed by atoms with Crippen LogP contribution in [-0.2, 0) is 0 Å². The van der Waals surface area contributed by atoms with Crippen molar-refractivity contribution in [2.24, 2.45) is 0 Å². The third-order valence-electron chi connectivity index (χ3n) is 1.46. The summed E-state index contributed by atoms with van der Waals surface area (Å²) in [6, 6.07) is 6.81. The number of hydrogen-bond acceptors (Lipinski definition) is 1. The van der Waals surface area contributed by atoms with Crippen LogP contribution in [0, 0.1) is 17.1 Å². The summed E-state index contributed by atoms with van der Waals surface area (Å²) in [5.74, 6) is -0.292. The van der Waals surface area contributed by atoms with Crippen LogP contribution in [0.15, 0.2) is 28.7 Å². The Hall–Kier alpha value is -1.14. The molecule has 3 heteroatoms. The van der Waals surface area contributed by atoms with Crippen molar-refractivity contribution in [2.45, 2.75) is 6.42 Å². The Bertz CT molecular complexity index is 366. The molecule has 0 atom stereocenters. The van der Waals surface area contributed by atoms with Crippen LogP contribution in [0.25, 0.3) is 6.08 Å². The molecule has 0 aliphatic carbocycles. The van der Waals surface area contributed by atoms with Crippen molar-refractivity contribution in [3.8, 4) is 6.07 Å². The van der Waals surface area contributed by atoms with Gasteiger partial charge in [0.2, 0.25) is 0 Å². The number of benzene rings is 1. The van der Waals surface area contributed by atoms with E-state index in [0.717, 1.165) is 5.56 Å². The molecular weight excluding hydrogens is 233 g/mol. The highest BCUT2D eigenvalue weighted by Gasteiger charge is 1.97. The lowest BCUT2D eigenvalue weighted by Crippen LogP contribution is -1.78. The molecule has 0 radical (unpaired) electrons. The highest BCUT2D eigenvalue weighted by molar-refractivity contribution is 9.10. The predicted octanol–water partition coefficient (Wildman–Crippen LogP) is 3.52. The fraction of sp³-hybridized carbons (Fsp3) is 0.100. The number of nitrogens with zero attached hydrogens (tertiary/aromatic N) is 1. The second-order valence-corrected chi connectivity index (χ2v) is 3.29. The van der Waals surface area contributed by atoms with Gasteiger partial charge in [0.25, 0.3) is 0 Å². The highest BCUT2D eigenvalue weighted by atomic mass is 79.9. The van der Waals surface area contributed by atoms with Gasteiger partial charge in [-0.1, -0.05) is 18.2 Å². The fourth-order valence-corrected chi connectivity index (χ4v) is 1.11. The maximum atomic E-state index is 12.9. The van der Waals surface area contributed by atoms with Crippen molar-refractivity contribution in [3.05, 3.63) is 40.1 Å². The first-order valence-corrected chi connectivity index (χ1v) is 4.52. The van der Waals surface area contributed by atoms with Crippen molar-refractivity contribution in [3.63, 3.8) is 0 Å². The summed E-state index contributed by atoms with van der Waals surface area (Å²) in [4.78, 5) is 0. The zero-order chi connectivity index (χ0) is 9.68. The summed E-state index contributed by atoms with van der Waals surface area (Å²) in [7, 11) is 0. The van der Waals surface area contributed by atoms with E-state index in [9.17, 15) is 4.39 Å². The normalized spacial score (nSPS) is 10.2. The third-order valence-corrected chi connectivity index (χ3v) is 2.11. The summed E-state index contributed by atoms with van der Waals surface area (Å²) in [6.07, 6.45) is 3.76. The van der Waals surface area contributed by atoms with Gasteiger partial charge in [0.05, 0.1) is 17.0 Å². The van der Waals surface area contributed by atoms with Crippen LogP contribution in [0.5, 0.6) is 0 Å². The Labute approximate surface area is 84.6 Å². The van der Waals surface area contributed by atoms with E-state index in [2.05, 4.69) is 15.9 Å². The van der Waals surface area contributed by atoms with Crippen LogP contribution in [0.2, 0.25) is 0 Å². The zero-order valence-corrected chi connectivity index (χ0v) is 8.38. The van der Waals surface area contributed by atoms with Gasteiger partial charge in [0.1, 0.15) is 5.82 Å². The van der Waals surface area contributed by atoms with Crippen LogP contribution in [0.4, 0.5) is 4.39 Å². The molecule has 66 valence electrons. The Kier molecular flexibility index (Phi) is 3.66. The summed E-state index contributed by atoms with van der Waals surface area (Å²) < 4.78 is 13.4. The van der Waals surface area contributed by atoms with Gasteiger partial charge >= 0.3 is 0 Å². The van der Waals surface area contributed by atoms with E-state index in [1.54, 1.807) is 24.3 Å². The van der Waals surface area contributed by atoms with Gasteiger partial charge in [-0.25, -0.2) is 4.39 Å². The minimum atomic E-state index is -0.292. The number of rotatable bonds is 2. The number of allylic oxidation sites excluding steroid dienone is 1. The molecule has 0 aromatic heterocycles. The number of hydrogen-bond donors (Lipinski definition) is 0. The van der Waals surface area contributed by atoms with Gasteiger partial charge in [-0.15, -0.1) is 0 Å². The lowest BCUT2D eigenvalue weighted by molar-refractivity contribution is 0.621. The van der Waals surface area contributed by atoms with E-state index >= 15 is 0 Å². The average molecular weight is 240 g/mol. The molecule has 1 rings (SSSR count). The molecule has 1 aromatic rings. The van der Waals surface area contributed by atoms with Gasteiger partial charge in [-0.05, 0) is 33.6 Å². The highest BCUT2D eigenvalue weighted by Crippen LogP contribution is 2.17. The SMILES string of the molecule is N#CCC=Cc1ccc(Br)c(F)c1. The van der Waals surface area contributed by atoms with Crippen LogP contribution < -0.4 is 0 Å². The largest absolute Gasteiger partial charge is 0.206 e. The van der Waals surface area contributed by atoms with E-state index in [1.165, 1.54) is 6.07 Å². The molecule has 0 aliphatic heterocycles. The van der Waals surface area contributed by atoms with Crippen LogP contribution in [0.1, 0.15) is 12.0 Å². The minimum absolute atomic E-state index is 0.292. The molecule has 0 heterocycles. The molecule has 0 fully saturated rings. The zero-order valence-electron chi connectivity index (χ0n) is 6.80. The van der Waals surface area contributed by atoms with Crippen LogP contribution in [0.3, 0.4) is 0 Å². The van der Waals surface area contributed by atoms with Crippen molar-refractivity contribution < 1.29 is 4.39 Å². The van der Waals surface area contributed by atoms with E-state index in [4.69, 9.17) is 5.26 Å². The predicted molar refractivity (Wildman–Crippen MR) is 53.4 cm³/mol. The van der Waals surface area contributed by atoms with E-state index < -0.39 is 0 Å². The fourth-order valence-electron chi connectivity index (χ4n) is 0.864. The number of halogens is 2. The Morgan fingerprint density at radius 1 is 1.54 bits per heavy atom. The smallest absolute Gasteiger partial charge is 0.137 e. The summed E-state index contributed by atoms with van der Waals surface area (Å²) in [5, 5.41) is 8.26. The second-order valence-electron chi connectivity index (χ2n) is 2.44. The Morgan fingerprint density at radius 3 is 2.92 bits per heavy atom. The molecule has 0 spiro atoms. The quantitative estimate of drug-likeness (QED) is 0.775. The molecule has 13 heavy (non-hydrogen) atoms. The first-order valence-electron chi connectivity index (χ1n) is 3.72. The monoisotopic (exact) mass is 239 g/mol. The lowest BCUT2D eigenvalue weighted by Gasteiger charge is -1.95. The van der Waals surface area contributed by atoms with Crippen molar-refractivity contribution in [1.29, 1.82) is 5.26 Å². The average Bonchev–Trinajstić information content (AvgIpc) is 2.12. The third kappa shape index (κ3) is 3.00. The molecule has 1 aromatic carbocycles. The topological polar surface area (TPSA) is 23.8 Å². The molecule has 1 nitrogen and oxygen atoms in total. The van der Waals surface area contributed by atoms with Gasteiger partial charge in [-0.3, -0.25) is 0 Å². The van der Waals surface area contributed by atoms with E-state index in [0.29, 0.717) is 10.9 Å². The maximum absolute atomic E-state index is 12.9. The Balaban J connectivity index is 2.81. The molecular formula is C10H7BrFN. The van der Waals surface area contributed by atoms with Gasteiger partial charge in [0.15, 0.2) is 0 Å². The second kappa shape index (κ2) is 4.78. The maximum Gasteiger partial charge on any atom is 0.137 e. The van der Waals surface area contributed by atoms with Crippen molar-refractivity contribution >= 4 is 22.0 Å². The molecule has 0 saturated carbocycles. The lowest BCUT2D eigenvalue weighted by atomic mass is 10.2. The summed E-state index contributed by atoms with van der Waals surface area (Å²) >= 11 is 3.06. The first-order chi connectivity index (χ1) is 6.24. The molecule has 0 N–H and O–H groups in total. The van der Waals surface area contributed by atoms with Gasteiger partial charge in [0, 0.05) is 0 Å². The van der Waals surface area contributed by atoms with Crippen molar-refractivity contribution in [1.82, 2.24) is 0 Å². The standard InChI is InChI=1S/C10H7BrFN/c11-9-5-4-8(7-10(9)12)3-1-2-6-13/h1,3-5,7H,2H2. The van der Waals surface area contributed by atoms with Crippen LogP contribution >= 0.6 is 15.9 Å². The van der Waals surface area contributed by atoms with E-state index in [-0.39, 0.29) is 5.82 Å².